The highest BCUT2D eigenvalue weighted by atomic mass is 16.5. The van der Waals surface area contributed by atoms with Crippen molar-refractivity contribution in [2.24, 2.45) is 5.92 Å². The Labute approximate surface area is 172 Å². The van der Waals surface area contributed by atoms with Crippen LogP contribution in [0.25, 0.3) is 22.4 Å². The van der Waals surface area contributed by atoms with Crippen LogP contribution < -0.4 is 0 Å². The van der Waals surface area contributed by atoms with E-state index in [0.29, 0.717) is 23.2 Å². The largest absolute Gasteiger partial charge is 0.360 e. The van der Waals surface area contributed by atoms with Crippen molar-refractivity contribution in [3.63, 3.8) is 0 Å². The minimum atomic E-state index is -0.160. The number of nitrogens with zero attached hydrogens (tertiary/aromatic N) is 2. The summed E-state index contributed by atoms with van der Waals surface area (Å²) in [5, 5.41) is 13.8. The minimum Gasteiger partial charge on any atom is -0.360 e. The topological polar surface area (TPSA) is 66.9 Å². The van der Waals surface area contributed by atoms with Gasteiger partial charge >= 0.3 is 0 Å². The molecule has 0 fully saturated rings. The van der Waals surface area contributed by atoms with Crippen molar-refractivity contribution in [1.29, 1.82) is 5.26 Å². The Balaban J connectivity index is 2.17. The quantitative estimate of drug-likeness (QED) is 0.475. The van der Waals surface area contributed by atoms with Crippen LogP contribution in [0.5, 0.6) is 0 Å². The lowest BCUT2D eigenvalue weighted by Gasteiger charge is -2.12. The van der Waals surface area contributed by atoms with Crippen LogP contribution >= 0.6 is 0 Å². The zero-order valence-corrected chi connectivity index (χ0v) is 17.6. The first kappa shape index (κ1) is 20.5. The van der Waals surface area contributed by atoms with Crippen molar-refractivity contribution >= 4 is 5.78 Å². The Bertz CT molecular complexity index is 1080. The summed E-state index contributed by atoms with van der Waals surface area (Å²) in [4.78, 5) is 12.8. The van der Waals surface area contributed by atoms with Crippen molar-refractivity contribution in [1.82, 2.24) is 5.16 Å². The maximum absolute atomic E-state index is 12.8. The van der Waals surface area contributed by atoms with Gasteiger partial charge in [-0.1, -0.05) is 58.0 Å². The maximum atomic E-state index is 12.8. The second-order valence-corrected chi connectivity index (χ2v) is 8.80. The van der Waals surface area contributed by atoms with E-state index in [1.807, 2.05) is 56.3 Å². The molecule has 3 aromatic rings. The third-order valence-corrected chi connectivity index (χ3v) is 4.75. The molecule has 0 radical (unpaired) electrons. The molecule has 0 aliphatic heterocycles. The number of rotatable bonds is 5. The van der Waals surface area contributed by atoms with E-state index >= 15 is 0 Å². The van der Waals surface area contributed by atoms with Crippen LogP contribution in [0.15, 0.2) is 53.1 Å². The molecule has 2 aromatic carbocycles. The Morgan fingerprint density at radius 2 is 1.79 bits per heavy atom. The van der Waals surface area contributed by atoms with Crippen LogP contribution in [0.4, 0.5) is 0 Å². The van der Waals surface area contributed by atoms with Crippen molar-refractivity contribution in [2.45, 2.75) is 46.5 Å². The summed E-state index contributed by atoms with van der Waals surface area (Å²) >= 11 is 0. The van der Waals surface area contributed by atoms with Gasteiger partial charge in [-0.25, -0.2) is 0 Å². The van der Waals surface area contributed by atoms with E-state index in [0.717, 1.165) is 22.5 Å². The van der Waals surface area contributed by atoms with Gasteiger partial charge in [0.05, 0.1) is 11.6 Å². The first-order valence-corrected chi connectivity index (χ1v) is 9.84. The van der Waals surface area contributed by atoms with Crippen molar-refractivity contribution in [2.75, 3.05) is 0 Å². The van der Waals surface area contributed by atoms with Crippen LogP contribution in [0.1, 0.15) is 62.7 Å². The van der Waals surface area contributed by atoms with Gasteiger partial charge in [0.2, 0.25) is 0 Å². The molecular weight excluding hydrogens is 360 g/mol. The smallest absolute Gasteiger partial charge is 0.163 e. The predicted octanol–water partition coefficient (Wildman–Crippen LogP) is 6.41. The SMILES string of the molecule is CC(C)CC(=O)c1cc(-c2cc(C(C)(C)C)on2)cc(-c2ccccc2C#N)c1. The van der Waals surface area contributed by atoms with Crippen LogP contribution in [-0.4, -0.2) is 10.9 Å². The number of carbonyl (C=O) groups excluding carboxylic acids is 1. The molecule has 0 saturated carbocycles. The number of ketones is 1. The minimum absolute atomic E-state index is 0.0806. The Kier molecular flexibility index (Phi) is 5.70. The van der Waals surface area contributed by atoms with Gasteiger partial charge in [-0.05, 0) is 41.3 Å². The number of hydrogen-bond donors (Lipinski definition) is 0. The first-order chi connectivity index (χ1) is 13.7. The van der Waals surface area contributed by atoms with E-state index in [2.05, 4.69) is 32.0 Å². The molecule has 0 unspecified atom stereocenters. The van der Waals surface area contributed by atoms with Gasteiger partial charge in [0.25, 0.3) is 0 Å². The molecular formula is C25H26N2O2. The zero-order valence-electron chi connectivity index (χ0n) is 17.6. The van der Waals surface area contributed by atoms with E-state index in [1.54, 1.807) is 6.07 Å². The Hall–Kier alpha value is -3.19. The van der Waals surface area contributed by atoms with Crippen LogP contribution in [0.2, 0.25) is 0 Å². The summed E-state index contributed by atoms with van der Waals surface area (Å²) in [6.45, 7) is 10.2. The molecule has 3 rings (SSSR count). The first-order valence-electron chi connectivity index (χ1n) is 9.84. The summed E-state index contributed by atoms with van der Waals surface area (Å²) in [6, 6.07) is 17.3. The monoisotopic (exact) mass is 386 g/mol. The molecule has 0 atom stereocenters. The lowest BCUT2D eigenvalue weighted by Crippen LogP contribution is -2.09. The average Bonchev–Trinajstić information content (AvgIpc) is 3.18. The molecule has 0 aliphatic carbocycles. The standard InChI is InChI=1S/C25H26N2O2/c1-16(2)10-23(28)20-12-18(21-9-7-6-8-17(21)15-26)11-19(13-20)22-14-24(29-27-22)25(3,4)5/h6-9,11-14,16H,10H2,1-5H3. The van der Waals surface area contributed by atoms with E-state index in [9.17, 15) is 10.1 Å². The second-order valence-electron chi connectivity index (χ2n) is 8.80. The van der Waals surface area contributed by atoms with E-state index in [-0.39, 0.29) is 17.1 Å². The molecule has 1 heterocycles. The van der Waals surface area contributed by atoms with Gasteiger partial charge < -0.3 is 4.52 Å². The van der Waals surface area contributed by atoms with Crippen molar-refractivity contribution in [3.05, 3.63) is 65.4 Å². The molecule has 0 bridgehead atoms. The second kappa shape index (κ2) is 8.05. The number of hydrogen-bond acceptors (Lipinski definition) is 4. The van der Waals surface area contributed by atoms with Crippen LogP contribution in [0, 0.1) is 17.2 Å². The summed E-state index contributed by atoms with van der Waals surface area (Å²) in [5.74, 6) is 1.13. The highest BCUT2D eigenvalue weighted by Gasteiger charge is 2.21. The Morgan fingerprint density at radius 1 is 1.10 bits per heavy atom. The summed E-state index contributed by atoms with van der Waals surface area (Å²) in [5.41, 5.74) is 4.15. The number of aromatic nitrogens is 1. The molecule has 29 heavy (non-hydrogen) atoms. The highest BCUT2D eigenvalue weighted by Crippen LogP contribution is 2.32. The highest BCUT2D eigenvalue weighted by molar-refractivity contribution is 5.99. The lowest BCUT2D eigenvalue weighted by molar-refractivity contribution is 0.0968. The van der Waals surface area contributed by atoms with Gasteiger partial charge in [-0.2, -0.15) is 5.26 Å². The molecule has 0 amide bonds. The summed E-state index contributed by atoms with van der Waals surface area (Å²) < 4.78 is 5.55. The number of benzene rings is 2. The van der Waals surface area contributed by atoms with E-state index in [1.165, 1.54) is 0 Å². The number of nitriles is 1. The molecule has 1 aromatic heterocycles. The molecule has 0 N–H and O–H groups in total. The summed E-state index contributed by atoms with van der Waals surface area (Å²) in [6.07, 6.45) is 0.467. The molecule has 4 nitrogen and oxygen atoms in total. The van der Waals surface area contributed by atoms with E-state index in [4.69, 9.17) is 4.52 Å². The third-order valence-electron chi connectivity index (χ3n) is 4.75. The fraction of sp³-hybridized carbons (Fsp3) is 0.320. The molecule has 148 valence electrons. The van der Waals surface area contributed by atoms with E-state index < -0.39 is 0 Å². The van der Waals surface area contributed by atoms with Crippen LogP contribution in [0.3, 0.4) is 0 Å². The normalized spacial score (nSPS) is 11.5. The van der Waals surface area contributed by atoms with Gasteiger partial charge in [-0.3, -0.25) is 4.79 Å². The zero-order chi connectivity index (χ0) is 21.2. The molecule has 0 spiro atoms. The number of carbonyl (C=O) groups is 1. The molecule has 0 aliphatic rings. The predicted molar refractivity (Wildman–Crippen MR) is 115 cm³/mol. The fourth-order valence-electron chi connectivity index (χ4n) is 3.18. The van der Waals surface area contributed by atoms with Crippen molar-refractivity contribution < 1.29 is 9.32 Å². The van der Waals surface area contributed by atoms with Gasteiger partial charge in [-0.15, -0.1) is 0 Å². The fourth-order valence-corrected chi connectivity index (χ4v) is 3.18. The third kappa shape index (κ3) is 4.63. The molecule has 4 heteroatoms. The van der Waals surface area contributed by atoms with Gasteiger partial charge in [0.15, 0.2) is 5.78 Å². The Morgan fingerprint density at radius 3 is 2.41 bits per heavy atom. The van der Waals surface area contributed by atoms with Gasteiger partial charge in [0.1, 0.15) is 11.5 Å². The maximum Gasteiger partial charge on any atom is 0.163 e. The van der Waals surface area contributed by atoms with Crippen molar-refractivity contribution in [3.8, 4) is 28.5 Å². The summed E-state index contributed by atoms with van der Waals surface area (Å²) in [7, 11) is 0. The van der Waals surface area contributed by atoms with Gasteiger partial charge in [0, 0.05) is 29.0 Å². The molecule has 0 saturated heterocycles. The van der Waals surface area contributed by atoms with Crippen LogP contribution in [-0.2, 0) is 5.41 Å². The lowest BCUT2D eigenvalue weighted by atomic mass is 9.91. The average molecular weight is 386 g/mol. The number of Topliss-reactive ketones (excluding diaryl/α,β-unsaturated/α-hetero) is 1.